The van der Waals surface area contributed by atoms with Gasteiger partial charge in [-0.15, -0.1) is 0 Å². The molecule has 0 radical (unpaired) electrons. The van der Waals surface area contributed by atoms with Crippen molar-refractivity contribution in [3.05, 3.63) is 54.1 Å². The highest BCUT2D eigenvalue weighted by atomic mass is 16.5. The third-order valence-electron chi connectivity index (χ3n) is 4.42. The van der Waals surface area contributed by atoms with Crippen molar-refractivity contribution < 1.29 is 14.3 Å². The van der Waals surface area contributed by atoms with Crippen LogP contribution in [0.5, 0.6) is 11.5 Å². The number of methoxy groups -OCH3 is 1. The molecule has 1 amide bonds. The number of rotatable bonds is 5. The fourth-order valence-corrected chi connectivity index (χ4v) is 3.08. The van der Waals surface area contributed by atoms with Crippen molar-refractivity contribution in [2.24, 2.45) is 0 Å². The number of nitrogens with zero attached hydrogens (tertiary/aromatic N) is 2. The van der Waals surface area contributed by atoms with Crippen molar-refractivity contribution in [1.29, 1.82) is 0 Å². The first-order valence-electron chi connectivity index (χ1n) is 8.63. The molecule has 0 atom stereocenters. The summed E-state index contributed by atoms with van der Waals surface area (Å²) in [5.74, 6) is 1.54. The van der Waals surface area contributed by atoms with Crippen LogP contribution >= 0.6 is 0 Å². The highest BCUT2D eigenvalue weighted by Crippen LogP contribution is 2.23. The number of anilines is 1. The molecule has 0 unspecified atom stereocenters. The summed E-state index contributed by atoms with van der Waals surface area (Å²) in [4.78, 5) is 16.9. The van der Waals surface area contributed by atoms with Crippen molar-refractivity contribution in [1.82, 2.24) is 4.90 Å². The van der Waals surface area contributed by atoms with Gasteiger partial charge in [0.15, 0.2) is 0 Å². The van der Waals surface area contributed by atoms with Crippen LogP contribution in [0, 0.1) is 0 Å². The van der Waals surface area contributed by atoms with Crippen molar-refractivity contribution in [3.8, 4) is 11.5 Å². The van der Waals surface area contributed by atoms with E-state index in [9.17, 15) is 4.79 Å². The smallest absolute Gasteiger partial charge is 0.257 e. The van der Waals surface area contributed by atoms with Gasteiger partial charge in [-0.3, -0.25) is 4.79 Å². The number of carbonyl (C=O) groups excluding carboxylic acids is 1. The number of ether oxygens (including phenoxy) is 2. The van der Waals surface area contributed by atoms with Gasteiger partial charge in [-0.1, -0.05) is 12.1 Å². The highest BCUT2D eigenvalue weighted by Gasteiger charge is 2.24. The summed E-state index contributed by atoms with van der Waals surface area (Å²) in [5.41, 5.74) is 1.78. The van der Waals surface area contributed by atoms with Crippen molar-refractivity contribution >= 4 is 11.6 Å². The topological polar surface area (TPSA) is 42.0 Å². The van der Waals surface area contributed by atoms with Crippen LogP contribution < -0.4 is 14.4 Å². The predicted molar refractivity (Wildman–Crippen MR) is 98.7 cm³/mol. The lowest BCUT2D eigenvalue weighted by Crippen LogP contribution is -2.48. The molecule has 0 aromatic heterocycles. The average molecular weight is 340 g/mol. The maximum atomic E-state index is 12.8. The van der Waals surface area contributed by atoms with Crippen LogP contribution in [0.3, 0.4) is 0 Å². The van der Waals surface area contributed by atoms with Crippen LogP contribution in [0.25, 0.3) is 0 Å². The van der Waals surface area contributed by atoms with Gasteiger partial charge in [-0.25, -0.2) is 0 Å². The van der Waals surface area contributed by atoms with E-state index in [4.69, 9.17) is 9.47 Å². The summed E-state index contributed by atoms with van der Waals surface area (Å²) in [5, 5.41) is 0. The third-order valence-corrected chi connectivity index (χ3v) is 4.42. The Balaban J connectivity index is 1.62. The van der Waals surface area contributed by atoms with Gasteiger partial charge in [0.25, 0.3) is 5.91 Å². The van der Waals surface area contributed by atoms with Crippen molar-refractivity contribution in [3.63, 3.8) is 0 Å². The molecule has 5 nitrogen and oxygen atoms in total. The van der Waals surface area contributed by atoms with Gasteiger partial charge >= 0.3 is 0 Å². The first kappa shape index (κ1) is 17.1. The van der Waals surface area contributed by atoms with E-state index in [2.05, 4.69) is 17.0 Å². The first-order chi connectivity index (χ1) is 12.2. The molecule has 0 bridgehead atoms. The molecule has 0 N–H and O–H groups in total. The zero-order chi connectivity index (χ0) is 17.6. The van der Waals surface area contributed by atoms with E-state index in [-0.39, 0.29) is 5.91 Å². The first-order valence-corrected chi connectivity index (χ1v) is 8.63. The minimum Gasteiger partial charge on any atom is -0.496 e. The Morgan fingerprint density at radius 3 is 2.32 bits per heavy atom. The largest absolute Gasteiger partial charge is 0.496 e. The third kappa shape index (κ3) is 3.87. The molecule has 1 heterocycles. The molecule has 2 aromatic carbocycles. The van der Waals surface area contributed by atoms with Crippen LogP contribution in [0.4, 0.5) is 5.69 Å². The zero-order valence-electron chi connectivity index (χ0n) is 14.8. The van der Waals surface area contributed by atoms with Crippen LogP contribution in [-0.4, -0.2) is 50.7 Å². The fraction of sp³-hybridized carbons (Fsp3) is 0.350. The van der Waals surface area contributed by atoms with Gasteiger partial charge in [-0.05, 0) is 43.3 Å². The Hall–Kier alpha value is -2.69. The van der Waals surface area contributed by atoms with E-state index in [1.54, 1.807) is 7.11 Å². The molecule has 0 saturated carbocycles. The minimum atomic E-state index is 0.0313. The Kier molecular flexibility index (Phi) is 5.43. The zero-order valence-corrected chi connectivity index (χ0v) is 14.8. The monoisotopic (exact) mass is 340 g/mol. The summed E-state index contributed by atoms with van der Waals surface area (Å²) >= 11 is 0. The summed E-state index contributed by atoms with van der Waals surface area (Å²) in [7, 11) is 1.59. The standard InChI is InChI=1S/C20H24N2O3/c1-3-25-17-10-8-16(9-11-17)21-12-14-22(15-13-21)20(23)18-6-4-5-7-19(18)24-2/h4-11H,3,12-15H2,1-2H3. The van der Waals surface area contributed by atoms with E-state index in [0.29, 0.717) is 31.0 Å². The molecule has 3 rings (SSSR count). The molecule has 1 aliphatic heterocycles. The van der Waals surface area contributed by atoms with Gasteiger partial charge in [0.1, 0.15) is 11.5 Å². The number of amides is 1. The van der Waals surface area contributed by atoms with Crippen molar-refractivity contribution in [2.75, 3.05) is 44.8 Å². The molecule has 1 aliphatic rings. The lowest BCUT2D eigenvalue weighted by molar-refractivity contribution is 0.0743. The minimum absolute atomic E-state index is 0.0313. The number of hydrogen-bond donors (Lipinski definition) is 0. The molecule has 0 spiro atoms. The second kappa shape index (κ2) is 7.92. The molecule has 132 valence electrons. The van der Waals surface area contributed by atoms with E-state index in [0.717, 1.165) is 24.5 Å². The normalized spacial score (nSPS) is 14.3. The molecular formula is C20H24N2O3. The second-order valence-corrected chi connectivity index (χ2v) is 5.91. The summed E-state index contributed by atoms with van der Waals surface area (Å²) in [6, 6.07) is 15.5. The van der Waals surface area contributed by atoms with Gasteiger partial charge < -0.3 is 19.3 Å². The lowest BCUT2D eigenvalue weighted by atomic mass is 10.1. The van der Waals surface area contributed by atoms with Gasteiger partial charge in [0.2, 0.25) is 0 Å². The summed E-state index contributed by atoms with van der Waals surface area (Å²) in [6.45, 7) is 5.67. The quantitative estimate of drug-likeness (QED) is 0.839. The molecule has 2 aromatic rings. The molecule has 1 fully saturated rings. The molecule has 5 heteroatoms. The second-order valence-electron chi connectivity index (χ2n) is 5.91. The summed E-state index contributed by atoms with van der Waals surface area (Å²) < 4.78 is 10.8. The Morgan fingerprint density at radius 2 is 1.68 bits per heavy atom. The van der Waals surface area contributed by atoms with E-state index in [1.807, 2.05) is 48.2 Å². The van der Waals surface area contributed by atoms with E-state index < -0.39 is 0 Å². The maximum absolute atomic E-state index is 12.8. The number of benzene rings is 2. The molecule has 25 heavy (non-hydrogen) atoms. The Labute approximate surface area is 148 Å². The van der Waals surface area contributed by atoms with Crippen LogP contribution in [0.15, 0.2) is 48.5 Å². The number of hydrogen-bond acceptors (Lipinski definition) is 4. The van der Waals surface area contributed by atoms with E-state index >= 15 is 0 Å². The van der Waals surface area contributed by atoms with Gasteiger partial charge in [0, 0.05) is 31.9 Å². The van der Waals surface area contributed by atoms with E-state index in [1.165, 1.54) is 0 Å². The van der Waals surface area contributed by atoms with Crippen LogP contribution in [0.2, 0.25) is 0 Å². The molecule has 0 aliphatic carbocycles. The average Bonchev–Trinajstić information content (AvgIpc) is 2.68. The molecule has 1 saturated heterocycles. The fourth-order valence-electron chi connectivity index (χ4n) is 3.08. The predicted octanol–water partition coefficient (Wildman–Crippen LogP) is 3.06. The molecular weight excluding hydrogens is 316 g/mol. The Morgan fingerprint density at radius 1 is 1.00 bits per heavy atom. The van der Waals surface area contributed by atoms with Crippen molar-refractivity contribution in [2.45, 2.75) is 6.92 Å². The number of piperazine rings is 1. The highest BCUT2D eigenvalue weighted by molar-refractivity contribution is 5.97. The summed E-state index contributed by atoms with van der Waals surface area (Å²) in [6.07, 6.45) is 0. The van der Waals surface area contributed by atoms with Crippen LogP contribution in [-0.2, 0) is 0 Å². The lowest BCUT2D eigenvalue weighted by Gasteiger charge is -2.36. The SMILES string of the molecule is CCOc1ccc(N2CCN(C(=O)c3ccccc3OC)CC2)cc1. The maximum Gasteiger partial charge on any atom is 0.257 e. The van der Waals surface area contributed by atoms with Gasteiger partial charge in [0.05, 0.1) is 19.3 Å². The van der Waals surface area contributed by atoms with Gasteiger partial charge in [-0.2, -0.15) is 0 Å². The number of para-hydroxylation sites is 1. The van der Waals surface area contributed by atoms with Crippen LogP contribution in [0.1, 0.15) is 17.3 Å². The Bertz CT molecular complexity index is 707. The number of carbonyl (C=O) groups is 1.